The maximum atomic E-state index is 12.9. The summed E-state index contributed by atoms with van der Waals surface area (Å²) < 4.78 is 5.36. The Kier molecular flexibility index (Phi) is 5.11. The summed E-state index contributed by atoms with van der Waals surface area (Å²) in [6, 6.07) is 15.9. The van der Waals surface area contributed by atoms with E-state index in [0.717, 1.165) is 0 Å². The first-order valence-corrected chi connectivity index (χ1v) is 8.14. The van der Waals surface area contributed by atoms with E-state index in [4.69, 9.17) is 23.4 Å². The van der Waals surface area contributed by atoms with Crippen LogP contribution >= 0.6 is 12.2 Å². The van der Waals surface area contributed by atoms with Crippen molar-refractivity contribution in [3.05, 3.63) is 65.7 Å². The average Bonchev–Trinajstić information content (AvgIpc) is 2.64. The second kappa shape index (κ2) is 7.64. The van der Waals surface area contributed by atoms with Gasteiger partial charge in [0.05, 0.1) is 5.69 Å². The fraction of sp³-hybridized carbons (Fsp3) is 0.0500. The smallest absolute Gasteiger partial charge is 0.270 e. The van der Waals surface area contributed by atoms with Crippen LogP contribution in [0.5, 0.6) is 5.75 Å². The summed E-state index contributed by atoms with van der Waals surface area (Å²) in [6.07, 6.45) is 6.68. The van der Waals surface area contributed by atoms with Crippen molar-refractivity contribution < 1.29 is 14.3 Å². The van der Waals surface area contributed by atoms with E-state index in [1.165, 1.54) is 11.0 Å². The molecule has 3 rings (SSSR count). The van der Waals surface area contributed by atoms with Crippen LogP contribution in [0, 0.1) is 12.3 Å². The van der Waals surface area contributed by atoms with Crippen molar-refractivity contribution in [3.63, 3.8) is 0 Å². The lowest BCUT2D eigenvalue weighted by Crippen LogP contribution is -2.54. The zero-order chi connectivity index (χ0) is 18.5. The zero-order valence-corrected chi connectivity index (χ0v) is 14.5. The number of hydrogen-bond acceptors (Lipinski definition) is 4. The molecule has 6 heteroatoms. The molecule has 0 saturated carbocycles. The van der Waals surface area contributed by atoms with E-state index in [2.05, 4.69) is 11.2 Å². The number of ether oxygens (including phenoxy) is 1. The van der Waals surface area contributed by atoms with Crippen LogP contribution in [-0.2, 0) is 9.59 Å². The standard InChI is InChI=1S/C20H14N2O3S/c1-2-11-25-16-10-6-7-14(12-16)13-17-18(23)21-20(26)22(19(17)24)15-8-4-3-5-9-15/h1,3-10,12-13H,11H2,(H,21,23,26). The highest BCUT2D eigenvalue weighted by molar-refractivity contribution is 7.80. The van der Waals surface area contributed by atoms with Crippen LogP contribution in [0.2, 0.25) is 0 Å². The third kappa shape index (κ3) is 3.63. The van der Waals surface area contributed by atoms with Gasteiger partial charge in [-0.05, 0) is 48.1 Å². The molecule has 26 heavy (non-hydrogen) atoms. The predicted molar refractivity (Wildman–Crippen MR) is 103 cm³/mol. The fourth-order valence-corrected chi connectivity index (χ4v) is 2.74. The van der Waals surface area contributed by atoms with Gasteiger partial charge in [0.25, 0.3) is 11.8 Å². The third-order valence-electron chi connectivity index (χ3n) is 3.61. The van der Waals surface area contributed by atoms with Gasteiger partial charge in [-0.3, -0.25) is 19.8 Å². The van der Waals surface area contributed by atoms with Crippen molar-refractivity contribution in [3.8, 4) is 18.1 Å². The van der Waals surface area contributed by atoms with Crippen LogP contribution in [0.3, 0.4) is 0 Å². The lowest BCUT2D eigenvalue weighted by molar-refractivity contribution is -0.122. The van der Waals surface area contributed by atoms with Gasteiger partial charge in [0.2, 0.25) is 0 Å². The maximum Gasteiger partial charge on any atom is 0.270 e. The van der Waals surface area contributed by atoms with Gasteiger partial charge >= 0.3 is 0 Å². The van der Waals surface area contributed by atoms with Crippen LogP contribution in [0.15, 0.2) is 60.2 Å². The van der Waals surface area contributed by atoms with E-state index in [1.54, 1.807) is 48.5 Å². The van der Waals surface area contributed by atoms with Crippen LogP contribution in [0.25, 0.3) is 6.08 Å². The number of hydrogen-bond donors (Lipinski definition) is 1. The zero-order valence-electron chi connectivity index (χ0n) is 13.6. The molecule has 1 N–H and O–H groups in total. The third-order valence-corrected chi connectivity index (χ3v) is 3.89. The van der Waals surface area contributed by atoms with Gasteiger partial charge in [0.15, 0.2) is 5.11 Å². The lowest BCUT2D eigenvalue weighted by Gasteiger charge is -2.28. The Morgan fingerprint density at radius 2 is 1.92 bits per heavy atom. The van der Waals surface area contributed by atoms with E-state index >= 15 is 0 Å². The number of amides is 2. The lowest BCUT2D eigenvalue weighted by atomic mass is 10.1. The molecular weight excluding hydrogens is 348 g/mol. The number of thiocarbonyl (C=S) groups is 1. The number of rotatable bonds is 4. The minimum absolute atomic E-state index is 0.0171. The first kappa shape index (κ1) is 17.4. The number of para-hydroxylation sites is 1. The highest BCUT2D eigenvalue weighted by atomic mass is 32.1. The molecule has 1 saturated heterocycles. The van der Waals surface area contributed by atoms with Crippen LogP contribution in [-0.4, -0.2) is 23.5 Å². The van der Waals surface area contributed by atoms with Crippen LogP contribution < -0.4 is 15.0 Å². The predicted octanol–water partition coefficient (Wildman–Crippen LogP) is 2.53. The van der Waals surface area contributed by atoms with Crippen molar-refractivity contribution in [2.24, 2.45) is 0 Å². The van der Waals surface area contributed by atoms with Gasteiger partial charge in [0, 0.05) is 0 Å². The maximum absolute atomic E-state index is 12.9. The molecule has 5 nitrogen and oxygen atoms in total. The second-order valence-corrected chi connectivity index (χ2v) is 5.75. The number of anilines is 1. The summed E-state index contributed by atoms with van der Waals surface area (Å²) in [5.74, 6) is 1.91. The minimum Gasteiger partial charge on any atom is -0.481 e. The number of benzene rings is 2. The number of nitrogens with zero attached hydrogens (tertiary/aromatic N) is 1. The molecule has 0 spiro atoms. The molecule has 0 bridgehead atoms. The molecule has 0 unspecified atom stereocenters. The molecule has 128 valence electrons. The van der Waals surface area contributed by atoms with E-state index < -0.39 is 11.8 Å². The number of nitrogens with one attached hydrogen (secondary N) is 1. The molecule has 0 atom stereocenters. The second-order valence-electron chi connectivity index (χ2n) is 5.36. The van der Waals surface area contributed by atoms with E-state index in [1.807, 2.05) is 6.07 Å². The Balaban J connectivity index is 1.95. The minimum atomic E-state index is -0.540. The number of carbonyl (C=O) groups is 2. The Morgan fingerprint density at radius 3 is 2.65 bits per heavy atom. The number of carbonyl (C=O) groups excluding carboxylic acids is 2. The molecular formula is C20H14N2O3S. The summed E-state index contributed by atoms with van der Waals surface area (Å²) in [4.78, 5) is 26.4. The van der Waals surface area contributed by atoms with Crippen molar-refractivity contribution in [1.82, 2.24) is 5.32 Å². The summed E-state index contributed by atoms with van der Waals surface area (Å²) in [5.41, 5.74) is 1.20. The van der Waals surface area contributed by atoms with Crippen LogP contribution in [0.4, 0.5) is 5.69 Å². The highest BCUT2D eigenvalue weighted by Crippen LogP contribution is 2.22. The first-order chi connectivity index (χ1) is 12.6. The summed E-state index contributed by atoms with van der Waals surface area (Å²) >= 11 is 5.16. The van der Waals surface area contributed by atoms with Gasteiger partial charge in [-0.15, -0.1) is 6.42 Å². The van der Waals surface area contributed by atoms with Crippen molar-refractivity contribution in [2.75, 3.05) is 11.5 Å². The van der Waals surface area contributed by atoms with Crippen molar-refractivity contribution in [2.45, 2.75) is 0 Å². The van der Waals surface area contributed by atoms with Gasteiger partial charge < -0.3 is 4.74 Å². The van der Waals surface area contributed by atoms with Crippen LogP contribution in [0.1, 0.15) is 5.56 Å². The molecule has 0 radical (unpaired) electrons. The largest absolute Gasteiger partial charge is 0.481 e. The van der Waals surface area contributed by atoms with Gasteiger partial charge in [-0.1, -0.05) is 36.3 Å². The Morgan fingerprint density at radius 1 is 1.15 bits per heavy atom. The molecule has 2 aromatic carbocycles. The molecule has 2 aromatic rings. The van der Waals surface area contributed by atoms with E-state index in [0.29, 0.717) is 17.0 Å². The molecule has 2 amide bonds. The Hall–Kier alpha value is -3.43. The molecule has 1 aliphatic heterocycles. The molecule has 0 aromatic heterocycles. The monoisotopic (exact) mass is 362 g/mol. The molecule has 1 aliphatic rings. The van der Waals surface area contributed by atoms with Gasteiger partial charge in [-0.2, -0.15) is 0 Å². The summed E-state index contributed by atoms with van der Waals surface area (Å²) in [7, 11) is 0. The SMILES string of the molecule is C#CCOc1cccc(C=C2C(=O)NC(=S)N(c3ccccc3)C2=O)c1. The first-order valence-electron chi connectivity index (χ1n) is 7.73. The van der Waals surface area contributed by atoms with E-state index in [-0.39, 0.29) is 17.3 Å². The van der Waals surface area contributed by atoms with Gasteiger partial charge in [-0.25, -0.2) is 0 Å². The van der Waals surface area contributed by atoms with Gasteiger partial charge in [0.1, 0.15) is 17.9 Å². The Labute approximate surface area is 156 Å². The van der Waals surface area contributed by atoms with Crippen molar-refractivity contribution in [1.29, 1.82) is 0 Å². The summed E-state index contributed by atoms with van der Waals surface area (Å²) in [5, 5.41) is 2.60. The molecule has 0 aliphatic carbocycles. The van der Waals surface area contributed by atoms with E-state index in [9.17, 15) is 9.59 Å². The molecule has 1 fully saturated rings. The Bertz CT molecular complexity index is 945. The molecule has 1 heterocycles. The normalized spacial score (nSPS) is 15.6. The fourth-order valence-electron chi connectivity index (χ4n) is 2.45. The number of terminal acetylenes is 1. The topological polar surface area (TPSA) is 58.6 Å². The summed E-state index contributed by atoms with van der Waals surface area (Å²) in [6.45, 7) is 0.134. The highest BCUT2D eigenvalue weighted by Gasteiger charge is 2.34. The van der Waals surface area contributed by atoms with Crippen molar-refractivity contribution >= 4 is 40.9 Å². The average molecular weight is 362 g/mol. The quantitative estimate of drug-likeness (QED) is 0.393.